The van der Waals surface area contributed by atoms with E-state index in [1.165, 1.54) is 17.7 Å². The van der Waals surface area contributed by atoms with Crippen LogP contribution in [0.15, 0.2) is 83.3 Å². The molecule has 0 bridgehead atoms. The van der Waals surface area contributed by atoms with Gasteiger partial charge in [-0.05, 0) is 34.9 Å². The van der Waals surface area contributed by atoms with Crippen molar-refractivity contribution in [3.05, 3.63) is 96.1 Å². The second-order valence-electron chi connectivity index (χ2n) is 5.75. The molecule has 3 nitrogen and oxygen atoms in total. The topological polar surface area (TPSA) is 38.9 Å². The normalized spacial score (nSPS) is 10.8. The molecule has 0 amide bonds. The van der Waals surface area contributed by atoms with Gasteiger partial charge in [0.25, 0.3) is 0 Å². The van der Waals surface area contributed by atoms with Gasteiger partial charge in [-0.25, -0.2) is 4.39 Å². The lowest BCUT2D eigenvalue weighted by atomic mass is 10.0. The lowest BCUT2D eigenvalue weighted by molar-refractivity contribution is 0.517. The van der Waals surface area contributed by atoms with Crippen LogP contribution in [0.5, 0.6) is 0 Å². The second-order valence-corrected chi connectivity index (χ2v) is 5.75. The monoisotopic (exact) mass is 330 g/mol. The number of benzene rings is 3. The molecule has 0 aliphatic carbocycles. The largest absolute Gasteiger partial charge is 0.420 e. The van der Waals surface area contributed by atoms with E-state index in [-0.39, 0.29) is 5.82 Å². The van der Waals surface area contributed by atoms with Crippen molar-refractivity contribution in [2.24, 2.45) is 0 Å². The Morgan fingerprint density at radius 1 is 0.720 bits per heavy atom. The van der Waals surface area contributed by atoms with Gasteiger partial charge in [-0.15, -0.1) is 10.2 Å². The van der Waals surface area contributed by atoms with Crippen LogP contribution in [0.4, 0.5) is 4.39 Å². The first kappa shape index (κ1) is 15.3. The molecule has 0 unspecified atom stereocenters. The third kappa shape index (κ3) is 3.48. The summed E-state index contributed by atoms with van der Waals surface area (Å²) in [5, 5.41) is 8.06. The van der Waals surface area contributed by atoms with Crippen molar-refractivity contribution >= 4 is 0 Å². The van der Waals surface area contributed by atoms with E-state index in [0.29, 0.717) is 23.8 Å². The van der Waals surface area contributed by atoms with E-state index < -0.39 is 0 Å². The first-order valence-electron chi connectivity index (χ1n) is 8.00. The highest BCUT2D eigenvalue weighted by atomic mass is 19.1. The Kier molecular flexibility index (Phi) is 4.09. The first-order valence-corrected chi connectivity index (χ1v) is 8.00. The Balaban J connectivity index is 1.51. The van der Waals surface area contributed by atoms with Gasteiger partial charge in [0, 0.05) is 5.56 Å². The smallest absolute Gasteiger partial charge is 0.247 e. The molecule has 0 saturated heterocycles. The standard InChI is InChI=1S/C21H15FN2O/c22-19-8-4-7-18(14-19)21-24-23-20(25-21)13-15-9-11-17(12-10-15)16-5-2-1-3-6-16/h1-12,14H,13H2. The summed E-state index contributed by atoms with van der Waals surface area (Å²) in [5.74, 6) is 0.510. The SMILES string of the molecule is Fc1cccc(-c2nnc(Cc3ccc(-c4ccccc4)cc3)o2)c1. The minimum atomic E-state index is -0.325. The van der Waals surface area contributed by atoms with E-state index >= 15 is 0 Å². The van der Waals surface area contributed by atoms with Crippen LogP contribution in [0.1, 0.15) is 11.5 Å². The van der Waals surface area contributed by atoms with E-state index in [1.807, 2.05) is 30.3 Å². The molecular weight excluding hydrogens is 315 g/mol. The fourth-order valence-corrected chi connectivity index (χ4v) is 2.68. The summed E-state index contributed by atoms with van der Waals surface area (Å²) in [5.41, 5.74) is 4.00. The van der Waals surface area contributed by atoms with E-state index in [2.05, 4.69) is 34.5 Å². The van der Waals surface area contributed by atoms with Crippen LogP contribution in [0.2, 0.25) is 0 Å². The molecule has 0 aliphatic rings. The zero-order chi connectivity index (χ0) is 17.1. The minimum absolute atomic E-state index is 0.325. The van der Waals surface area contributed by atoms with Gasteiger partial charge in [0.1, 0.15) is 5.82 Å². The van der Waals surface area contributed by atoms with Gasteiger partial charge >= 0.3 is 0 Å². The number of hydrogen-bond acceptors (Lipinski definition) is 3. The number of halogens is 1. The predicted octanol–water partition coefficient (Wildman–Crippen LogP) is 5.13. The molecular formula is C21H15FN2O. The van der Waals surface area contributed by atoms with Crippen LogP contribution in [0.25, 0.3) is 22.6 Å². The molecule has 0 atom stereocenters. The Morgan fingerprint density at radius 3 is 2.20 bits per heavy atom. The highest BCUT2D eigenvalue weighted by Gasteiger charge is 2.10. The summed E-state index contributed by atoms with van der Waals surface area (Å²) < 4.78 is 18.9. The lowest BCUT2D eigenvalue weighted by Gasteiger charge is -2.03. The van der Waals surface area contributed by atoms with E-state index in [0.717, 1.165) is 11.1 Å². The summed E-state index contributed by atoms with van der Waals surface area (Å²) in [6.07, 6.45) is 0.539. The van der Waals surface area contributed by atoms with Crippen LogP contribution >= 0.6 is 0 Å². The maximum Gasteiger partial charge on any atom is 0.247 e. The predicted molar refractivity (Wildman–Crippen MR) is 94.4 cm³/mol. The van der Waals surface area contributed by atoms with Crippen LogP contribution in [0, 0.1) is 5.82 Å². The van der Waals surface area contributed by atoms with Crippen LogP contribution in [0.3, 0.4) is 0 Å². The molecule has 25 heavy (non-hydrogen) atoms. The summed E-state index contributed by atoms with van der Waals surface area (Å²) >= 11 is 0. The summed E-state index contributed by atoms with van der Waals surface area (Å²) in [6.45, 7) is 0. The van der Waals surface area contributed by atoms with Crippen LogP contribution in [-0.4, -0.2) is 10.2 Å². The molecule has 3 aromatic carbocycles. The molecule has 0 N–H and O–H groups in total. The third-order valence-corrected chi connectivity index (χ3v) is 3.95. The van der Waals surface area contributed by atoms with Crippen molar-refractivity contribution in [1.29, 1.82) is 0 Å². The Hall–Kier alpha value is -3.27. The van der Waals surface area contributed by atoms with Crippen molar-refractivity contribution in [2.75, 3.05) is 0 Å². The van der Waals surface area contributed by atoms with Gasteiger partial charge in [0.05, 0.1) is 6.42 Å². The summed E-state index contributed by atoms with van der Waals surface area (Å²) in [7, 11) is 0. The fourth-order valence-electron chi connectivity index (χ4n) is 2.68. The van der Waals surface area contributed by atoms with Crippen molar-refractivity contribution in [3.63, 3.8) is 0 Å². The highest BCUT2D eigenvalue weighted by molar-refractivity contribution is 5.63. The highest BCUT2D eigenvalue weighted by Crippen LogP contribution is 2.22. The first-order chi connectivity index (χ1) is 12.3. The van der Waals surface area contributed by atoms with Crippen LogP contribution < -0.4 is 0 Å². The van der Waals surface area contributed by atoms with Gasteiger partial charge < -0.3 is 4.42 Å². The maximum atomic E-state index is 13.3. The van der Waals surface area contributed by atoms with Crippen molar-refractivity contribution in [2.45, 2.75) is 6.42 Å². The van der Waals surface area contributed by atoms with Crippen molar-refractivity contribution < 1.29 is 8.81 Å². The molecule has 0 fully saturated rings. The molecule has 4 rings (SSSR count). The Morgan fingerprint density at radius 2 is 1.44 bits per heavy atom. The number of rotatable bonds is 4. The molecule has 4 aromatic rings. The molecule has 4 heteroatoms. The van der Waals surface area contributed by atoms with Crippen molar-refractivity contribution in [1.82, 2.24) is 10.2 Å². The Labute approximate surface area is 144 Å². The average Bonchev–Trinajstić information content (AvgIpc) is 3.12. The van der Waals surface area contributed by atoms with E-state index in [4.69, 9.17) is 4.42 Å². The molecule has 0 saturated carbocycles. The Bertz CT molecular complexity index is 978. The number of aromatic nitrogens is 2. The van der Waals surface area contributed by atoms with Gasteiger partial charge in [-0.3, -0.25) is 0 Å². The summed E-state index contributed by atoms with van der Waals surface area (Å²) in [4.78, 5) is 0. The quantitative estimate of drug-likeness (QED) is 0.520. The van der Waals surface area contributed by atoms with Gasteiger partial charge in [-0.2, -0.15) is 0 Å². The fraction of sp³-hybridized carbons (Fsp3) is 0.0476. The molecule has 1 aromatic heterocycles. The molecule has 0 radical (unpaired) electrons. The van der Waals surface area contributed by atoms with Gasteiger partial charge in [0.2, 0.25) is 11.8 Å². The lowest BCUT2D eigenvalue weighted by Crippen LogP contribution is -1.88. The molecule has 122 valence electrons. The molecule has 1 heterocycles. The second kappa shape index (κ2) is 6.69. The van der Waals surface area contributed by atoms with Crippen molar-refractivity contribution in [3.8, 4) is 22.6 Å². The van der Waals surface area contributed by atoms with E-state index in [9.17, 15) is 4.39 Å². The number of hydrogen-bond donors (Lipinski definition) is 0. The molecule has 0 aliphatic heterocycles. The third-order valence-electron chi connectivity index (χ3n) is 3.95. The molecule has 0 spiro atoms. The summed E-state index contributed by atoms with van der Waals surface area (Å²) in [6, 6.07) is 24.6. The van der Waals surface area contributed by atoms with E-state index in [1.54, 1.807) is 12.1 Å². The van der Waals surface area contributed by atoms with Gasteiger partial charge in [-0.1, -0.05) is 60.7 Å². The van der Waals surface area contributed by atoms with Crippen LogP contribution in [-0.2, 0) is 6.42 Å². The minimum Gasteiger partial charge on any atom is -0.420 e. The zero-order valence-corrected chi connectivity index (χ0v) is 13.4. The maximum absolute atomic E-state index is 13.3. The average molecular weight is 330 g/mol. The number of nitrogens with zero attached hydrogens (tertiary/aromatic N) is 2. The van der Waals surface area contributed by atoms with Gasteiger partial charge in [0.15, 0.2) is 0 Å². The zero-order valence-electron chi connectivity index (χ0n) is 13.4.